The van der Waals surface area contributed by atoms with Crippen LogP contribution < -0.4 is 19.5 Å². The van der Waals surface area contributed by atoms with Crippen molar-refractivity contribution < 1.29 is 23.5 Å². The molecule has 8 heteroatoms. The second-order valence-electron chi connectivity index (χ2n) is 6.65. The Morgan fingerprint density at radius 1 is 1.25 bits per heavy atom. The number of anilines is 1. The SMILES string of the molecule is CCc1onc(C)c1C1CCCN1C(=O)Nc1cc(OC)c(OC)c(OC)c1. The topological polar surface area (TPSA) is 86.1 Å². The number of rotatable bonds is 6. The molecule has 0 spiro atoms. The van der Waals surface area contributed by atoms with Gasteiger partial charge in [0.1, 0.15) is 5.76 Å². The minimum absolute atomic E-state index is 0.0387. The standard InChI is InChI=1S/C20H27N3O5/c1-6-15-18(12(2)22-28-15)14-8-7-9-23(14)20(24)21-13-10-16(25-3)19(27-5)17(11-13)26-4/h10-11,14H,6-9H2,1-5H3,(H,21,24). The lowest BCUT2D eigenvalue weighted by molar-refractivity contribution is 0.206. The number of hydrogen-bond donors (Lipinski definition) is 1. The summed E-state index contributed by atoms with van der Waals surface area (Å²) in [5.41, 5.74) is 2.44. The van der Waals surface area contributed by atoms with E-state index in [-0.39, 0.29) is 12.1 Å². The molecule has 1 fully saturated rings. The Balaban J connectivity index is 1.85. The first-order valence-electron chi connectivity index (χ1n) is 9.36. The Kier molecular flexibility index (Phi) is 5.96. The van der Waals surface area contributed by atoms with E-state index in [4.69, 9.17) is 18.7 Å². The highest BCUT2D eigenvalue weighted by atomic mass is 16.5. The Morgan fingerprint density at radius 2 is 1.93 bits per heavy atom. The van der Waals surface area contributed by atoms with Crippen molar-refractivity contribution >= 4 is 11.7 Å². The summed E-state index contributed by atoms with van der Waals surface area (Å²) in [6.07, 6.45) is 2.56. The van der Waals surface area contributed by atoms with E-state index in [1.807, 2.05) is 18.7 Å². The number of carbonyl (C=O) groups is 1. The van der Waals surface area contributed by atoms with Crippen LogP contribution in [0.25, 0.3) is 0 Å². The molecule has 8 nitrogen and oxygen atoms in total. The van der Waals surface area contributed by atoms with Crippen LogP contribution >= 0.6 is 0 Å². The second kappa shape index (κ2) is 8.41. The van der Waals surface area contributed by atoms with Gasteiger partial charge in [-0.2, -0.15) is 0 Å². The van der Waals surface area contributed by atoms with Crippen molar-refractivity contribution in [1.29, 1.82) is 0 Å². The van der Waals surface area contributed by atoms with Gasteiger partial charge in [0, 0.05) is 30.7 Å². The van der Waals surface area contributed by atoms with Crippen LogP contribution in [0.3, 0.4) is 0 Å². The number of benzene rings is 1. The smallest absolute Gasteiger partial charge is 0.322 e. The third-order valence-corrected chi connectivity index (χ3v) is 5.07. The summed E-state index contributed by atoms with van der Waals surface area (Å²) in [5, 5.41) is 7.05. The average molecular weight is 389 g/mol. The molecule has 2 heterocycles. The lowest BCUT2D eigenvalue weighted by atomic mass is 10.0. The summed E-state index contributed by atoms with van der Waals surface area (Å²) in [6, 6.07) is 3.21. The highest BCUT2D eigenvalue weighted by molar-refractivity contribution is 5.90. The molecule has 0 saturated carbocycles. The van der Waals surface area contributed by atoms with E-state index in [1.165, 1.54) is 0 Å². The second-order valence-corrected chi connectivity index (χ2v) is 6.65. The molecule has 28 heavy (non-hydrogen) atoms. The van der Waals surface area contributed by atoms with Gasteiger partial charge in [-0.3, -0.25) is 0 Å². The maximum atomic E-state index is 13.0. The van der Waals surface area contributed by atoms with Crippen LogP contribution in [-0.4, -0.2) is 44.0 Å². The van der Waals surface area contributed by atoms with E-state index < -0.39 is 0 Å². The molecule has 1 aromatic carbocycles. The highest BCUT2D eigenvalue weighted by Gasteiger charge is 2.34. The van der Waals surface area contributed by atoms with Crippen molar-refractivity contribution in [3.05, 3.63) is 29.2 Å². The molecule has 1 saturated heterocycles. The monoisotopic (exact) mass is 389 g/mol. The summed E-state index contributed by atoms with van der Waals surface area (Å²) >= 11 is 0. The van der Waals surface area contributed by atoms with Crippen LogP contribution in [0.2, 0.25) is 0 Å². The Bertz CT molecular complexity index is 823. The predicted molar refractivity (Wildman–Crippen MR) is 104 cm³/mol. The van der Waals surface area contributed by atoms with E-state index in [0.717, 1.165) is 36.3 Å². The zero-order valence-electron chi connectivity index (χ0n) is 17.0. The van der Waals surface area contributed by atoms with Gasteiger partial charge in [0.05, 0.1) is 38.8 Å². The van der Waals surface area contributed by atoms with Crippen molar-refractivity contribution in [1.82, 2.24) is 10.1 Å². The van der Waals surface area contributed by atoms with E-state index in [2.05, 4.69) is 10.5 Å². The number of nitrogens with zero attached hydrogens (tertiary/aromatic N) is 2. The number of carbonyl (C=O) groups excluding carboxylic acids is 1. The van der Waals surface area contributed by atoms with Gasteiger partial charge in [0.25, 0.3) is 0 Å². The minimum Gasteiger partial charge on any atom is -0.493 e. The number of likely N-dealkylation sites (tertiary alicyclic amines) is 1. The fourth-order valence-corrected chi connectivity index (χ4v) is 3.76. The van der Waals surface area contributed by atoms with Gasteiger partial charge in [-0.25, -0.2) is 4.79 Å². The van der Waals surface area contributed by atoms with Gasteiger partial charge in [-0.1, -0.05) is 12.1 Å². The van der Waals surface area contributed by atoms with Crippen LogP contribution in [-0.2, 0) is 6.42 Å². The number of methoxy groups -OCH3 is 3. The molecule has 152 valence electrons. The molecular weight excluding hydrogens is 362 g/mol. The van der Waals surface area contributed by atoms with Crippen LogP contribution in [0.5, 0.6) is 17.2 Å². The summed E-state index contributed by atoms with van der Waals surface area (Å²) < 4.78 is 21.5. The van der Waals surface area contributed by atoms with Gasteiger partial charge >= 0.3 is 6.03 Å². The van der Waals surface area contributed by atoms with E-state index in [9.17, 15) is 4.79 Å². The third-order valence-electron chi connectivity index (χ3n) is 5.07. The Labute approximate surface area is 164 Å². The first kappa shape index (κ1) is 19.9. The van der Waals surface area contributed by atoms with Crippen LogP contribution in [0, 0.1) is 6.92 Å². The zero-order chi connectivity index (χ0) is 20.3. The Morgan fingerprint density at radius 3 is 2.50 bits per heavy atom. The van der Waals surface area contributed by atoms with Gasteiger partial charge in [0.15, 0.2) is 11.5 Å². The molecule has 0 aliphatic carbocycles. The summed E-state index contributed by atoms with van der Waals surface area (Å²) in [4.78, 5) is 14.9. The van der Waals surface area contributed by atoms with Gasteiger partial charge in [-0.05, 0) is 19.8 Å². The molecular formula is C20H27N3O5. The summed E-state index contributed by atoms with van der Waals surface area (Å²) in [5.74, 6) is 2.29. The molecule has 1 N–H and O–H groups in total. The lowest BCUT2D eigenvalue weighted by Crippen LogP contribution is -2.34. The van der Waals surface area contributed by atoms with Crippen molar-refractivity contribution in [3.8, 4) is 17.2 Å². The number of nitrogens with one attached hydrogen (secondary N) is 1. The molecule has 2 aromatic rings. The van der Waals surface area contributed by atoms with Crippen LogP contribution in [0.4, 0.5) is 10.5 Å². The number of amides is 2. The predicted octanol–water partition coefficient (Wildman–Crippen LogP) is 3.94. The molecule has 1 atom stereocenters. The zero-order valence-corrected chi connectivity index (χ0v) is 17.0. The number of urea groups is 1. The van der Waals surface area contributed by atoms with E-state index in [0.29, 0.717) is 29.5 Å². The molecule has 0 bridgehead atoms. The third kappa shape index (κ3) is 3.58. The van der Waals surface area contributed by atoms with Crippen molar-refractivity contribution in [2.45, 2.75) is 39.2 Å². The normalized spacial score (nSPS) is 16.2. The number of aromatic nitrogens is 1. The highest BCUT2D eigenvalue weighted by Crippen LogP contribution is 2.41. The molecule has 0 radical (unpaired) electrons. The first-order valence-corrected chi connectivity index (χ1v) is 9.36. The molecule has 1 unspecified atom stereocenters. The van der Waals surface area contributed by atoms with Crippen molar-refractivity contribution in [3.63, 3.8) is 0 Å². The maximum Gasteiger partial charge on any atom is 0.322 e. The average Bonchev–Trinajstić information content (AvgIpc) is 3.32. The van der Waals surface area contributed by atoms with Gasteiger partial charge in [-0.15, -0.1) is 0 Å². The number of hydrogen-bond acceptors (Lipinski definition) is 6. The molecule has 1 aliphatic heterocycles. The summed E-state index contributed by atoms with van der Waals surface area (Å²) in [7, 11) is 4.63. The quantitative estimate of drug-likeness (QED) is 0.805. The van der Waals surface area contributed by atoms with E-state index in [1.54, 1.807) is 33.5 Å². The van der Waals surface area contributed by atoms with Crippen LogP contribution in [0.1, 0.15) is 42.8 Å². The molecule has 2 amide bonds. The Hall–Kier alpha value is -2.90. The van der Waals surface area contributed by atoms with Gasteiger partial charge < -0.3 is 29.0 Å². The first-order chi connectivity index (χ1) is 13.5. The fourth-order valence-electron chi connectivity index (χ4n) is 3.76. The largest absolute Gasteiger partial charge is 0.493 e. The lowest BCUT2D eigenvalue weighted by Gasteiger charge is -2.25. The minimum atomic E-state index is -0.181. The number of ether oxygens (including phenoxy) is 3. The molecule has 3 rings (SSSR count). The van der Waals surface area contributed by atoms with Crippen LogP contribution in [0.15, 0.2) is 16.7 Å². The van der Waals surface area contributed by atoms with Crippen molar-refractivity contribution in [2.75, 3.05) is 33.2 Å². The molecule has 1 aliphatic rings. The summed E-state index contributed by atoms with van der Waals surface area (Å²) in [6.45, 7) is 4.62. The number of aryl methyl sites for hydroxylation is 2. The van der Waals surface area contributed by atoms with Gasteiger partial charge in [0.2, 0.25) is 5.75 Å². The molecule has 1 aromatic heterocycles. The van der Waals surface area contributed by atoms with E-state index >= 15 is 0 Å². The maximum absolute atomic E-state index is 13.0. The fraction of sp³-hybridized carbons (Fsp3) is 0.500. The van der Waals surface area contributed by atoms with Crippen molar-refractivity contribution in [2.24, 2.45) is 0 Å².